The van der Waals surface area contributed by atoms with E-state index in [1.54, 1.807) is 0 Å². The van der Waals surface area contributed by atoms with Crippen molar-refractivity contribution < 1.29 is 4.74 Å². The molecule has 3 nitrogen and oxygen atoms in total. The van der Waals surface area contributed by atoms with Gasteiger partial charge in [0, 0.05) is 24.5 Å². The molecule has 0 bridgehead atoms. The van der Waals surface area contributed by atoms with Gasteiger partial charge in [0.2, 0.25) is 0 Å². The molecule has 1 atom stereocenters. The number of ether oxygens (including phenoxy) is 1. The minimum Gasteiger partial charge on any atom is -0.380 e. The van der Waals surface area contributed by atoms with Gasteiger partial charge in [-0.1, -0.05) is 6.92 Å². The van der Waals surface area contributed by atoms with Gasteiger partial charge in [0.1, 0.15) is 0 Å². The number of nitrogens with two attached hydrogens (primary N) is 1. The lowest BCUT2D eigenvalue weighted by Gasteiger charge is -2.43. The molecule has 0 aliphatic carbocycles. The predicted octanol–water partition coefficient (Wildman–Crippen LogP) is 1.23. The monoisotopic (exact) mass is 212 g/mol. The highest BCUT2D eigenvalue weighted by atomic mass is 16.5. The topological polar surface area (TPSA) is 38.5 Å². The van der Waals surface area contributed by atoms with Crippen LogP contribution in [0.5, 0.6) is 0 Å². The van der Waals surface area contributed by atoms with Crippen LogP contribution >= 0.6 is 0 Å². The fourth-order valence-corrected chi connectivity index (χ4v) is 2.63. The lowest BCUT2D eigenvalue weighted by Crippen LogP contribution is -2.52. The molecule has 0 spiro atoms. The molecule has 1 unspecified atom stereocenters. The maximum Gasteiger partial charge on any atom is 0.0544 e. The van der Waals surface area contributed by atoms with Crippen molar-refractivity contribution in [3.8, 4) is 0 Å². The molecular weight excluding hydrogens is 188 g/mol. The fourth-order valence-electron chi connectivity index (χ4n) is 2.63. The molecule has 3 heteroatoms. The maximum atomic E-state index is 5.68. The molecule has 15 heavy (non-hydrogen) atoms. The van der Waals surface area contributed by atoms with E-state index >= 15 is 0 Å². The average Bonchev–Trinajstić information content (AvgIpc) is 2.15. The van der Waals surface area contributed by atoms with Crippen molar-refractivity contribution in [1.82, 2.24) is 4.90 Å². The van der Waals surface area contributed by atoms with Gasteiger partial charge in [-0.15, -0.1) is 0 Å². The molecule has 0 saturated carbocycles. The summed E-state index contributed by atoms with van der Waals surface area (Å²) in [6.07, 6.45) is 5.22. The molecule has 2 aliphatic rings. The van der Waals surface area contributed by atoms with Crippen LogP contribution < -0.4 is 5.73 Å². The molecule has 2 fully saturated rings. The summed E-state index contributed by atoms with van der Waals surface area (Å²) in [5, 5.41) is 0. The van der Waals surface area contributed by atoms with E-state index in [0.717, 1.165) is 19.8 Å². The van der Waals surface area contributed by atoms with E-state index in [2.05, 4.69) is 11.8 Å². The van der Waals surface area contributed by atoms with Crippen LogP contribution in [0, 0.1) is 5.41 Å². The molecule has 0 aromatic carbocycles. The third-order valence-corrected chi connectivity index (χ3v) is 4.26. The number of rotatable bonds is 6. The zero-order chi connectivity index (χ0) is 10.7. The number of nitrogens with zero attached hydrogens (tertiary/aromatic N) is 1. The van der Waals surface area contributed by atoms with Gasteiger partial charge in [0.25, 0.3) is 0 Å². The highest BCUT2D eigenvalue weighted by Crippen LogP contribution is 2.36. The normalized spacial score (nSPS) is 29.6. The van der Waals surface area contributed by atoms with Crippen molar-refractivity contribution in [2.24, 2.45) is 11.1 Å². The second kappa shape index (κ2) is 4.81. The second-order valence-electron chi connectivity index (χ2n) is 5.16. The van der Waals surface area contributed by atoms with Crippen molar-refractivity contribution in [2.45, 2.75) is 38.6 Å². The lowest BCUT2D eigenvalue weighted by molar-refractivity contribution is -0.121. The quantitative estimate of drug-likeness (QED) is 0.719. The molecule has 2 saturated heterocycles. The minimum atomic E-state index is 0.531. The Morgan fingerprint density at radius 1 is 1.47 bits per heavy atom. The van der Waals surface area contributed by atoms with Crippen molar-refractivity contribution in [3.63, 3.8) is 0 Å². The third-order valence-electron chi connectivity index (χ3n) is 4.26. The van der Waals surface area contributed by atoms with Gasteiger partial charge in [-0.05, 0) is 32.2 Å². The first-order valence-corrected chi connectivity index (χ1v) is 6.31. The maximum absolute atomic E-state index is 5.68. The number of hydrogen-bond donors (Lipinski definition) is 1. The molecule has 2 rings (SSSR count). The average molecular weight is 212 g/mol. The van der Waals surface area contributed by atoms with Crippen LogP contribution in [0.25, 0.3) is 0 Å². The zero-order valence-corrected chi connectivity index (χ0v) is 9.87. The summed E-state index contributed by atoms with van der Waals surface area (Å²) >= 11 is 0. The SMILES string of the molecule is CCC1(CCCN2CCC2CN)COC1. The van der Waals surface area contributed by atoms with Crippen LogP contribution in [0.4, 0.5) is 0 Å². The van der Waals surface area contributed by atoms with Gasteiger partial charge in [-0.3, -0.25) is 4.90 Å². The van der Waals surface area contributed by atoms with Gasteiger partial charge >= 0.3 is 0 Å². The summed E-state index contributed by atoms with van der Waals surface area (Å²) in [6.45, 7) is 7.60. The predicted molar refractivity (Wildman–Crippen MR) is 61.8 cm³/mol. The third kappa shape index (κ3) is 2.35. The van der Waals surface area contributed by atoms with E-state index < -0.39 is 0 Å². The Balaban J connectivity index is 1.62. The summed E-state index contributed by atoms with van der Waals surface area (Å²) < 4.78 is 5.34. The smallest absolute Gasteiger partial charge is 0.0544 e. The van der Waals surface area contributed by atoms with Gasteiger partial charge in [-0.25, -0.2) is 0 Å². The highest BCUT2D eigenvalue weighted by Gasteiger charge is 2.36. The van der Waals surface area contributed by atoms with E-state index in [1.165, 1.54) is 38.8 Å². The number of likely N-dealkylation sites (tertiary alicyclic amines) is 1. The first-order valence-electron chi connectivity index (χ1n) is 6.31. The summed E-state index contributed by atoms with van der Waals surface area (Å²) in [4.78, 5) is 2.53. The summed E-state index contributed by atoms with van der Waals surface area (Å²) in [5.41, 5.74) is 6.21. The lowest BCUT2D eigenvalue weighted by atomic mass is 9.79. The largest absolute Gasteiger partial charge is 0.380 e. The molecule has 2 aliphatic heterocycles. The van der Waals surface area contributed by atoms with E-state index in [1.807, 2.05) is 0 Å². The van der Waals surface area contributed by atoms with Crippen LogP contribution in [-0.2, 0) is 4.74 Å². The molecule has 0 aromatic heterocycles. The second-order valence-corrected chi connectivity index (χ2v) is 5.16. The minimum absolute atomic E-state index is 0.531. The van der Waals surface area contributed by atoms with Gasteiger partial charge in [-0.2, -0.15) is 0 Å². The summed E-state index contributed by atoms with van der Waals surface area (Å²) in [6, 6.07) is 0.681. The van der Waals surface area contributed by atoms with E-state index in [4.69, 9.17) is 10.5 Å². The molecule has 2 N–H and O–H groups in total. The molecule has 0 amide bonds. The Hall–Kier alpha value is -0.120. The molecule has 0 radical (unpaired) electrons. The Morgan fingerprint density at radius 3 is 2.67 bits per heavy atom. The van der Waals surface area contributed by atoms with Crippen LogP contribution in [0.2, 0.25) is 0 Å². The van der Waals surface area contributed by atoms with Gasteiger partial charge < -0.3 is 10.5 Å². The van der Waals surface area contributed by atoms with Crippen LogP contribution in [-0.4, -0.2) is 43.8 Å². The standard InChI is InChI=1S/C12H24N2O/c1-2-12(9-15-10-12)5-3-6-14-7-4-11(14)8-13/h11H,2-10,13H2,1H3. The summed E-state index contributed by atoms with van der Waals surface area (Å²) in [5.74, 6) is 0. The van der Waals surface area contributed by atoms with Gasteiger partial charge in [0.05, 0.1) is 13.2 Å². The fraction of sp³-hybridized carbons (Fsp3) is 1.00. The molecule has 2 heterocycles. The highest BCUT2D eigenvalue weighted by molar-refractivity contribution is 4.87. The summed E-state index contributed by atoms with van der Waals surface area (Å²) in [7, 11) is 0. The van der Waals surface area contributed by atoms with Crippen LogP contribution in [0.3, 0.4) is 0 Å². The Bertz CT molecular complexity index is 196. The van der Waals surface area contributed by atoms with E-state index in [9.17, 15) is 0 Å². The Morgan fingerprint density at radius 2 is 2.27 bits per heavy atom. The Labute approximate surface area is 93.0 Å². The first-order chi connectivity index (χ1) is 7.29. The van der Waals surface area contributed by atoms with E-state index in [0.29, 0.717) is 11.5 Å². The van der Waals surface area contributed by atoms with Crippen molar-refractivity contribution in [3.05, 3.63) is 0 Å². The molecular formula is C12H24N2O. The van der Waals surface area contributed by atoms with Crippen molar-refractivity contribution in [2.75, 3.05) is 32.8 Å². The van der Waals surface area contributed by atoms with Crippen LogP contribution in [0.1, 0.15) is 32.6 Å². The molecule has 0 aromatic rings. The molecule has 88 valence electrons. The van der Waals surface area contributed by atoms with Crippen molar-refractivity contribution in [1.29, 1.82) is 0 Å². The number of hydrogen-bond acceptors (Lipinski definition) is 3. The zero-order valence-electron chi connectivity index (χ0n) is 9.87. The van der Waals surface area contributed by atoms with E-state index in [-0.39, 0.29) is 0 Å². The first kappa shape index (κ1) is 11.4. The van der Waals surface area contributed by atoms with Gasteiger partial charge in [0.15, 0.2) is 0 Å². The van der Waals surface area contributed by atoms with Crippen LogP contribution in [0.15, 0.2) is 0 Å². The Kier molecular flexibility index (Phi) is 3.65. The van der Waals surface area contributed by atoms with Crippen molar-refractivity contribution >= 4 is 0 Å².